The summed E-state index contributed by atoms with van der Waals surface area (Å²) in [5.74, 6) is 0.406. The number of carbonyl (C=O) groups excluding carboxylic acids is 1. The van der Waals surface area contributed by atoms with Gasteiger partial charge < -0.3 is 9.47 Å². The first kappa shape index (κ1) is 14.6. The molecular weight excluding hydrogens is 228 g/mol. The monoisotopic (exact) mass is 250 g/mol. The molecule has 0 spiro atoms. The highest BCUT2D eigenvalue weighted by atomic mass is 16.6. The minimum atomic E-state index is -0.305. The fourth-order valence-corrected chi connectivity index (χ4v) is 1.56. The molecule has 100 valence electrons. The van der Waals surface area contributed by atoms with Gasteiger partial charge >= 0.3 is 5.97 Å². The minimum absolute atomic E-state index is 0.0170. The number of esters is 1. The van der Waals surface area contributed by atoms with Crippen LogP contribution in [0.1, 0.15) is 38.7 Å². The van der Waals surface area contributed by atoms with Gasteiger partial charge in [0, 0.05) is 0 Å². The number of carbonyl (C=O) groups is 1. The van der Waals surface area contributed by atoms with Gasteiger partial charge in [0.1, 0.15) is 5.75 Å². The van der Waals surface area contributed by atoms with Gasteiger partial charge in [0.15, 0.2) is 6.61 Å². The quantitative estimate of drug-likeness (QED) is 0.524. The Bertz CT molecular complexity index is 343. The van der Waals surface area contributed by atoms with Gasteiger partial charge in [-0.3, -0.25) is 0 Å². The molecule has 0 atom stereocenters. The second-order valence-electron chi connectivity index (χ2n) is 4.26. The molecule has 0 saturated heterocycles. The summed E-state index contributed by atoms with van der Waals surface area (Å²) in [6.45, 7) is 4.67. The predicted octanol–water partition coefficient (Wildman–Crippen LogP) is 3.36. The van der Waals surface area contributed by atoms with E-state index in [0.29, 0.717) is 12.4 Å². The van der Waals surface area contributed by atoms with Gasteiger partial charge in [-0.25, -0.2) is 4.79 Å². The first-order chi connectivity index (χ1) is 8.76. The van der Waals surface area contributed by atoms with Crippen LogP contribution in [0.5, 0.6) is 5.75 Å². The van der Waals surface area contributed by atoms with Gasteiger partial charge in [-0.15, -0.1) is 0 Å². The lowest BCUT2D eigenvalue weighted by atomic mass is 10.1. The molecule has 0 aliphatic carbocycles. The first-order valence-electron chi connectivity index (χ1n) is 6.63. The third-order valence-electron chi connectivity index (χ3n) is 2.58. The Hall–Kier alpha value is -1.51. The number of ether oxygens (including phenoxy) is 2. The zero-order valence-corrected chi connectivity index (χ0v) is 11.3. The van der Waals surface area contributed by atoms with Crippen LogP contribution in [0.2, 0.25) is 0 Å². The summed E-state index contributed by atoms with van der Waals surface area (Å²) in [5.41, 5.74) is 1.29. The number of aryl methyl sites for hydroxylation is 1. The van der Waals surface area contributed by atoms with Crippen molar-refractivity contribution < 1.29 is 14.3 Å². The Morgan fingerprint density at radius 3 is 2.44 bits per heavy atom. The van der Waals surface area contributed by atoms with Crippen molar-refractivity contribution in [2.24, 2.45) is 0 Å². The molecule has 0 bridgehead atoms. The predicted molar refractivity (Wildman–Crippen MR) is 71.8 cm³/mol. The van der Waals surface area contributed by atoms with Crippen LogP contribution in [0.15, 0.2) is 24.3 Å². The fourth-order valence-electron chi connectivity index (χ4n) is 1.56. The van der Waals surface area contributed by atoms with Crippen LogP contribution in [0.25, 0.3) is 0 Å². The van der Waals surface area contributed by atoms with Crippen LogP contribution in [0, 0.1) is 0 Å². The zero-order valence-electron chi connectivity index (χ0n) is 11.3. The highest BCUT2D eigenvalue weighted by Gasteiger charge is 2.03. The van der Waals surface area contributed by atoms with Crippen LogP contribution < -0.4 is 4.74 Å². The second-order valence-corrected chi connectivity index (χ2v) is 4.26. The van der Waals surface area contributed by atoms with Crippen LogP contribution in [-0.2, 0) is 16.0 Å². The first-order valence-corrected chi connectivity index (χ1v) is 6.63. The molecule has 0 heterocycles. The van der Waals surface area contributed by atoms with Gasteiger partial charge in [0.2, 0.25) is 0 Å². The van der Waals surface area contributed by atoms with Crippen molar-refractivity contribution in [3.63, 3.8) is 0 Å². The maximum absolute atomic E-state index is 11.3. The molecule has 1 rings (SSSR count). The third-order valence-corrected chi connectivity index (χ3v) is 2.58. The van der Waals surface area contributed by atoms with Crippen molar-refractivity contribution in [2.45, 2.75) is 39.5 Å². The van der Waals surface area contributed by atoms with Crippen molar-refractivity contribution in [1.29, 1.82) is 0 Å². The lowest BCUT2D eigenvalue weighted by Gasteiger charge is -2.07. The normalized spacial score (nSPS) is 10.1. The summed E-state index contributed by atoms with van der Waals surface area (Å²) >= 11 is 0. The van der Waals surface area contributed by atoms with Gasteiger partial charge in [-0.05, 0) is 30.5 Å². The maximum atomic E-state index is 11.3. The molecule has 0 N–H and O–H groups in total. The van der Waals surface area contributed by atoms with E-state index in [2.05, 4.69) is 13.8 Å². The van der Waals surface area contributed by atoms with Gasteiger partial charge in [0.05, 0.1) is 6.61 Å². The fraction of sp³-hybridized carbons (Fsp3) is 0.533. The summed E-state index contributed by atoms with van der Waals surface area (Å²) in [5, 5.41) is 0. The highest BCUT2D eigenvalue weighted by Crippen LogP contribution is 2.13. The summed E-state index contributed by atoms with van der Waals surface area (Å²) in [6, 6.07) is 7.84. The molecule has 0 amide bonds. The molecule has 0 saturated carbocycles. The maximum Gasteiger partial charge on any atom is 0.344 e. The van der Waals surface area contributed by atoms with Crippen molar-refractivity contribution in [3.8, 4) is 5.75 Å². The second kappa shape index (κ2) is 8.56. The molecular formula is C15H22O3. The number of unbranched alkanes of at least 4 members (excludes halogenated alkanes) is 1. The Morgan fingerprint density at radius 1 is 1.11 bits per heavy atom. The molecule has 0 aromatic heterocycles. The molecule has 0 radical (unpaired) electrons. The van der Waals surface area contributed by atoms with Gasteiger partial charge in [-0.1, -0.05) is 38.8 Å². The van der Waals surface area contributed by atoms with Crippen molar-refractivity contribution in [2.75, 3.05) is 13.2 Å². The van der Waals surface area contributed by atoms with E-state index < -0.39 is 0 Å². The van der Waals surface area contributed by atoms with E-state index in [4.69, 9.17) is 9.47 Å². The molecule has 1 aromatic carbocycles. The van der Waals surface area contributed by atoms with Crippen LogP contribution >= 0.6 is 0 Å². The standard InChI is InChI=1S/C15H22O3/c1-3-5-11-17-15(16)12-18-14-9-7-13(6-4-2)8-10-14/h7-10H,3-6,11-12H2,1-2H3. The number of benzene rings is 1. The van der Waals surface area contributed by atoms with E-state index in [9.17, 15) is 4.79 Å². The molecule has 0 aliphatic rings. The molecule has 0 aliphatic heterocycles. The smallest absolute Gasteiger partial charge is 0.344 e. The Balaban J connectivity index is 2.27. The Kier molecular flexibility index (Phi) is 6.92. The average Bonchev–Trinajstić information content (AvgIpc) is 2.39. The van der Waals surface area contributed by atoms with E-state index in [1.54, 1.807) is 0 Å². The van der Waals surface area contributed by atoms with E-state index in [1.165, 1.54) is 5.56 Å². The average molecular weight is 250 g/mol. The summed E-state index contributed by atoms with van der Waals surface area (Å²) in [4.78, 5) is 11.3. The van der Waals surface area contributed by atoms with Crippen LogP contribution in [-0.4, -0.2) is 19.2 Å². The lowest BCUT2D eigenvalue weighted by molar-refractivity contribution is -0.146. The SMILES string of the molecule is CCCCOC(=O)COc1ccc(CCC)cc1. The van der Waals surface area contributed by atoms with E-state index >= 15 is 0 Å². The van der Waals surface area contributed by atoms with Crippen molar-refractivity contribution in [1.82, 2.24) is 0 Å². The Labute approximate surface area is 109 Å². The van der Waals surface area contributed by atoms with E-state index in [1.807, 2.05) is 24.3 Å². The third kappa shape index (κ3) is 5.71. The zero-order chi connectivity index (χ0) is 13.2. The summed E-state index contributed by atoms with van der Waals surface area (Å²) in [7, 11) is 0. The lowest BCUT2D eigenvalue weighted by Crippen LogP contribution is -2.15. The number of rotatable bonds is 8. The summed E-state index contributed by atoms with van der Waals surface area (Å²) in [6.07, 6.45) is 4.12. The van der Waals surface area contributed by atoms with Crippen LogP contribution in [0.3, 0.4) is 0 Å². The topological polar surface area (TPSA) is 35.5 Å². The molecule has 3 heteroatoms. The highest BCUT2D eigenvalue weighted by molar-refractivity contribution is 5.71. The molecule has 0 fully saturated rings. The number of hydrogen-bond donors (Lipinski definition) is 0. The van der Waals surface area contributed by atoms with Crippen molar-refractivity contribution in [3.05, 3.63) is 29.8 Å². The molecule has 3 nitrogen and oxygen atoms in total. The molecule has 18 heavy (non-hydrogen) atoms. The largest absolute Gasteiger partial charge is 0.482 e. The molecule has 0 unspecified atom stereocenters. The number of hydrogen-bond acceptors (Lipinski definition) is 3. The summed E-state index contributed by atoms with van der Waals surface area (Å²) < 4.78 is 10.4. The van der Waals surface area contributed by atoms with Crippen molar-refractivity contribution >= 4 is 5.97 Å². The van der Waals surface area contributed by atoms with E-state index in [0.717, 1.165) is 25.7 Å². The van der Waals surface area contributed by atoms with E-state index in [-0.39, 0.29) is 12.6 Å². The minimum Gasteiger partial charge on any atom is -0.482 e. The van der Waals surface area contributed by atoms with Crippen LogP contribution in [0.4, 0.5) is 0 Å². The van der Waals surface area contributed by atoms with Gasteiger partial charge in [-0.2, -0.15) is 0 Å². The Morgan fingerprint density at radius 2 is 1.83 bits per heavy atom. The molecule has 1 aromatic rings. The van der Waals surface area contributed by atoms with Gasteiger partial charge in [0.25, 0.3) is 0 Å².